The van der Waals surface area contributed by atoms with Crippen LogP contribution in [0.4, 0.5) is 24.5 Å². The van der Waals surface area contributed by atoms with Gasteiger partial charge in [0, 0.05) is 86.0 Å². The molecule has 14 nitrogen and oxygen atoms in total. The van der Waals surface area contributed by atoms with E-state index in [1.54, 1.807) is 12.1 Å². The number of nitriles is 1. The largest absolute Gasteiger partial charge is 0.488 e. The highest BCUT2D eigenvalue weighted by Crippen LogP contribution is 2.55. The van der Waals surface area contributed by atoms with Crippen LogP contribution in [-0.2, 0) is 15.8 Å². The van der Waals surface area contributed by atoms with Crippen LogP contribution < -0.4 is 25.2 Å². The topological polar surface area (TPSA) is 168 Å². The standard InChI is InChI=1S/C45H49F3N8O6/c1-43(2)41(44(3,4)42(43)62-30-22-33(45(46,47)48)34(23-49)50-24-30)52-37(58)27-5-7-28(8-6-27)54-15-13-26(14-16-54)25-53-17-19-55(20-18-53)29-9-10-31-32(21-29)40(61)56(39(31)60)35-11-12-36(57)51-38(35)59/h5-10,21-22,24,26,35,41-42H,11-20,25H2,1-4H3,(H,52,58)(H,51,57,59)/t35?,41-,42-. The van der Waals surface area contributed by atoms with E-state index in [-0.39, 0.29) is 41.7 Å². The summed E-state index contributed by atoms with van der Waals surface area (Å²) in [4.78, 5) is 75.7. The van der Waals surface area contributed by atoms with Gasteiger partial charge in [0.05, 0.1) is 22.9 Å². The van der Waals surface area contributed by atoms with Gasteiger partial charge < -0.3 is 19.9 Å². The Morgan fingerprint density at radius 2 is 1.50 bits per heavy atom. The zero-order valence-electron chi connectivity index (χ0n) is 35.1. The highest BCUT2D eigenvalue weighted by molar-refractivity contribution is 6.23. The van der Waals surface area contributed by atoms with Crippen molar-refractivity contribution in [1.29, 1.82) is 5.26 Å². The molecule has 0 bridgehead atoms. The minimum Gasteiger partial charge on any atom is -0.488 e. The monoisotopic (exact) mass is 854 g/mol. The number of aromatic nitrogens is 1. The van der Waals surface area contributed by atoms with Crippen LogP contribution in [0.25, 0.3) is 0 Å². The number of fused-ring (bicyclic) bond motifs is 1. The lowest BCUT2D eigenvalue weighted by Crippen LogP contribution is -2.74. The van der Waals surface area contributed by atoms with Crippen molar-refractivity contribution in [3.63, 3.8) is 0 Å². The third-order valence-corrected chi connectivity index (χ3v) is 13.4. The van der Waals surface area contributed by atoms with Crippen molar-refractivity contribution >= 4 is 40.9 Å². The van der Waals surface area contributed by atoms with E-state index >= 15 is 0 Å². The number of piperazine rings is 1. The molecule has 5 heterocycles. The second-order valence-corrected chi connectivity index (χ2v) is 18.2. The lowest BCUT2D eigenvalue weighted by atomic mass is 9.49. The number of pyridine rings is 1. The number of halogens is 3. The van der Waals surface area contributed by atoms with Crippen molar-refractivity contribution in [2.45, 2.75) is 77.7 Å². The second kappa shape index (κ2) is 16.0. The van der Waals surface area contributed by atoms with Gasteiger partial charge in [-0.3, -0.25) is 39.1 Å². The Morgan fingerprint density at radius 3 is 2.13 bits per heavy atom. The normalized spacial score (nSPS) is 24.0. The third-order valence-electron chi connectivity index (χ3n) is 13.4. The minimum absolute atomic E-state index is 0.0730. The summed E-state index contributed by atoms with van der Waals surface area (Å²) >= 11 is 0. The number of nitrogens with zero attached hydrogens (tertiary/aromatic N) is 6. The van der Waals surface area contributed by atoms with E-state index in [4.69, 9.17) is 10.00 Å². The van der Waals surface area contributed by atoms with Crippen molar-refractivity contribution in [3.05, 3.63) is 82.7 Å². The van der Waals surface area contributed by atoms with E-state index in [0.717, 1.165) is 87.2 Å². The molecule has 0 radical (unpaired) electrons. The average molecular weight is 855 g/mol. The number of imide groups is 2. The van der Waals surface area contributed by atoms with Gasteiger partial charge in [-0.1, -0.05) is 27.7 Å². The summed E-state index contributed by atoms with van der Waals surface area (Å²) in [6.07, 6.45) is -1.95. The van der Waals surface area contributed by atoms with E-state index in [0.29, 0.717) is 11.5 Å². The minimum atomic E-state index is -4.76. The Balaban J connectivity index is 0.794. The summed E-state index contributed by atoms with van der Waals surface area (Å²) in [5.41, 5.74) is -0.208. The van der Waals surface area contributed by atoms with E-state index in [1.807, 2.05) is 58.0 Å². The van der Waals surface area contributed by atoms with Crippen molar-refractivity contribution < 1.29 is 41.9 Å². The molecule has 1 aromatic heterocycles. The number of amides is 5. The Labute approximate surface area is 357 Å². The van der Waals surface area contributed by atoms with Crippen molar-refractivity contribution in [3.8, 4) is 11.8 Å². The summed E-state index contributed by atoms with van der Waals surface area (Å²) in [6.45, 7) is 13.6. The number of ether oxygens (including phenoxy) is 1. The molecule has 4 aliphatic heterocycles. The molecule has 1 unspecified atom stereocenters. The molecule has 3 saturated heterocycles. The van der Waals surface area contributed by atoms with Crippen molar-refractivity contribution in [2.75, 3.05) is 55.6 Å². The van der Waals surface area contributed by atoms with E-state index in [9.17, 15) is 37.1 Å². The zero-order valence-corrected chi connectivity index (χ0v) is 35.1. The molecule has 326 valence electrons. The predicted molar refractivity (Wildman–Crippen MR) is 220 cm³/mol. The highest BCUT2D eigenvalue weighted by Gasteiger charge is 2.64. The SMILES string of the molecule is CC1(C)[C@H](NC(=O)c2ccc(N3CCC(CN4CCN(c5ccc6c(c5)C(=O)N(C5CCC(=O)NC5=O)C6=O)CC4)CC3)cc2)C(C)(C)[C@H]1Oc1cnc(C#N)c(C(F)(F)F)c1. The predicted octanol–water partition coefficient (Wildman–Crippen LogP) is 5.02. The molecule has 5 aliphatic rings. The van der Waals surface area contributed by atoms with Gasteiger partial charge in [0.25, 0.3) is 17.7 Å². The van der Waals surface area contributed by atoms with Gasteiger partial charge in [0.15, 0.2) is 5.69 Å². The smallest absolute Gasteiger partial charge is 0.419 e. The molecule has 2 N–H and O–H groups in total. The number of piperidine rings is 2. The first-order valence-corrected chi connectivity index (χ1v) is 21.0. The van der Waals surface area contributed by atoms with Gasteiger partial charge in [-0.15, -0.1) is 0 Å². The van der Waals surface area contributed by atoms with Gasteiger partial charge in [0.1, 0.15) is 24.0 Å². The fourth-order valence-corrected chi connectivity index (χ4v) is 10.4. The number of anilines is 2. The Morgan fingerprint density at radius 1 is 0.871 bits per heavy atom. The average Bonchev–Trinajstić information content (AvgIpc) is 3.49. The van der Waals surface area contributed by atoms with Gasteiger partial charge in [0.2, 0.25) is 11.8 Å². The van der Waals surface area contributed by atoms with Crippen LogP contribution >= 0.6 is 0 Å². The summed E-state index contributed by atoms with van der Waals surface area (Å²) in [6, 6.07) is 13.7. The zero-order chi connectivity index (χ0) is 44.3. The second-order valence-electron chi connectivity index (χ2n) is 18.2. The molecule has 1 atom stereocenters. The van der Waals surface area contributed by atoms with Gasteiger partial charge in [-0.2, -0.15) is 18.4 Å². The van der Waals surface area contributed by atoms with Crippen LogP contribution in [0.5, 0.6) is 5.75 Å². The fraction of sp³-hybridized carbons (Fsp3) is 0.489. The van der Waals surface area contributed by atoms with Gasteiger partial charge in [-0.05, 0) is 73.7 Å². The first kappa shape index (κ1) is 42.7. The number of carbonyl (C=O) groups is 5. The van der Waals surface area contributed by atoms with E-state index < -0.39 is 64.0 Å². The van der Waals surface area contributed by atoms with Gasteiger partial charge >= 0.3 is 6.18 Å². The maximum Gasteiger partial charge on any atom is 0.419 e. The molecular weight excluding hydrogens is 806 g/mol. The summed E-state index contributed by atoms with van der Waals surface area (Å²) < 4.78 is 46.8. The number of nitrogens with one attached hydrogen (secondary N) is 2. The van der Waals surface area contributed by atoms with Crippen LogP contribution in [-0.4, -0.2) is 108 Å². The van der Waals surface area contributed by atoms with Gasteiger partial charge in [-0.25, -0.2) is 4.98 Å². The molecule has 4 fully saturated rings. The maximum atomic E-state index is 13.6. The Hall–Kier alpha value is -6.02. The van der Waals surface area contributed by atoms with E-state index in [1.165, 1.54) is 6.07 Å². The highest BCUT2D eigenvalue weighted by atomic mass is 19.4. The summed E-state index contributed by atoms with van der Waals surface area (Å²) in [7, 11) is 0. The quantitative estimate of drug-likeness (QED) is 0.278. The molecule has 62 heavy (non-hydrogen) atoms. The molecule has 0 spiro atoms. The van der Waals surface area contributed by atoms with Crippen molar-refractivity contribution in [2.24, 2.45) is 16.7 Å². The molecule has 1 aliphatic carbocycles. The summed E-state index contributed by atoms with van der Waals surface area (Å²) in [5.74, 6) is -1.87. The van der Waals surface area contributed by atoms with E-state index in [2.05, 4.69) is 30.3 Å². The molecule has 1 saturated carbocycles. The number of hydrogen-bond donors (Lipinski definition) is 2. The van der Waals surface area contributed by atoms with Crippen LogP contribution in [0.3, 0.4) is 0 Å². The molecule has 2 aromatic carbocycles. The number of carbonyl (C=O) groups excluding carboxylic acids is 5. The summed E-state index contributed by atoms with van der Waals surface area (Å²) in [5, 5.41) is 14.5. The van der Waals surface area contributed by atoms with Crippen LogP contribution in [0, 0.1) is 28.1 Å². The fourth-order valence-electron chi connectivity index (χ4n) is 10.4. The Kier molecular flexibility index (Phi) is 11.0. The maximum absolute atomic E-state index is 13.6. The number of alkyl halides is 3. The molecular formula is C45H49F3N8O6. The molecule has 3 aromatic rings. The molecule has 17 heteroatoms. The lowest BCUT2D eigenvalue weighted by molar-refractivity contribution is -0.165. The van der Waals surface area contributed by atoms with Crippen LogP contribution in [0.15, 0.2) is 54.7 Å². The van der Waals surface area contributed by atoms with Crippen molar-refractivity contribution in [1.82, 2.24) is 25.4 Å². The lowest BCUT2D eigenvalue weighted by Gasteiger charge is -2.63. The van der Waals surface area contributed by atoms with Crippen LogP contribution in [0.2, 0.25) is 0 Å². The number of benzene rings is 2. The first-order valence-electron chi connectivity index (χ1n) is 21.0. The Bertz CT molecular complexity index is 2330. The van der Waals surface area contributed by atoms with Crippen LogP contribution in [0.1, 0.15) is 95.7 Å². The number of hydrogen-bond acceptors (Lipinski definition) is 11. The first-order chi connectivity index (χ1) is 29.4. The molecule has 8 rings (SSSR count). The number of rotatable bonds is 9. The molecule has 5 amide bonds. The third kappa shape index (κ3) is 7.84.